The van der Waals surface area contributed by atoms with Gasteiger partial charge in [-0.05, 0) is 43.9 Å². The highest BCUT2D eigenvalue weighted by Gasteiger charge is 2.41. The van der Waals surface area contributed by atoms with Crippen LogP contribution in [0.25, 0.3) is 10.9 Å². The third-order valence-electron chi connectivity index (χ3n) is 7.78. The molecule has 190 valence electrons. The first-order valence-electron chi connectivity index (χ1n) is 12.3. The van der Waals surface area contributed by atoms with Gasteiger partial charge in [0.05, 0.1) is 5.52 Å². The minimum atomic E-state index is -2.86. The number of piperidine rings is 1. The molecule has 8 nitrogen and oxygen atoms in total. The smallest absolute Gasteiger partial charge is 0.333 e. The second-order valence-electron chi connectivity index (χ2n) is 9.84. The molecule has 2 bridgehead atoms. The van der Waals surface area contributed by atoms with E-state index in [1.165, 1.54) is 6.07 Å². The van der Waals surface area contributed by atoms with Gasteiger partial charge >= 0.3 is 6.55 Å². The Morgan fingerprint density at radius 2 is 1.80 bits per heavy atom. The van der Waals surface area contributed by atoms with Crippen molar-refractivity contribution in [3.63, 3.8) is 0 Å². The number of rotatable bonds is 6. The van der Waals surface area contributed by atoms with Gasteiger partial charge in [0.15, 0.2) is 5.69 Å². The van der Waals surface area contributed by atoms with Gasteiger partial charge in [-0.1, -0.05) is 11.6 Å². The first kappa shape index (κ1) is 24.4. The molecule has 0 unspecified atom stereocenters. The van der Waals surface area contributed by atoms with E-state index in [9.17, 15) is 18.4 Å². The molecule has 3 aliphatic rings. The zero-order valence-electron chi connectivity index (χ0n) is 19.8. The number of aromatic nitrogens is 2. The van der Waals surface area contributed by atoms with Gasteiger partial charge in [-0.25, -0.2) is 4.68 Å². The largest absolute Gasteiger partial charge is 0.348 e. The summed E-state index contributed by atoms with van der Waals surface area (Å²) in [5.41, 5.74) is 0.160. The van der Waals surface area contributed by atoms with E-state index in [1.54, 1.807) is 19.1 Å². The van der Waals surface area contributed by atoms with Gasteiger partial charge < -0.3 is 10.2 Å². The molecule has 3 fully saturated rings. The summed E-state index contributed by atoms with van der Waals surface area (Å²) in [5.74, 6) is -0.275. The van der Waals surface area contributed by atoms with E-state index in [2.05, 4.69) is 20.2 Å². The van der Waals surface area contributed by atoms with Gasteiger partial charge in [-0.15, -0.1) is 0 Å². The molecule has 1 N–H and O–H groups in total. The van der Waals surface area contributed by atoms with Crippen LogP contribution in [0.1, 0.15) is 49.6 Å². The molecule has 35 heavy (non-hydrogen) atoms. The monoisotopic (exact) mass is 508 g/mol. The number of nitrogens with one attached hydrogen (secondary N) is 1. The fourth-order valence-electron chi connectivity index (χ4n) is 5.98. The second-order valence-corrected chi connectivity index (χ2v) is 10.3. The van der Waals surface area contributed by atoms with Crippen LogP contribution in [0.4, 0.5) is 8.78 Å². The maximum atomic E-state index is 13.5. The maximum Gasteiger partial charge on any atom is 0.333 e. The van der Waals surface area contributed by atoms with Crippen LogP contribution in [-0.4, -0.2) is 93.7 Å². The van der Waals surface area contributed by atoms with Crippen molar-refractivity contribution in [3.05, 3.63) is 28.9 Å². The lowest BCUT2D eigenvalue weighted by Gasteiger charge is -2.41. The Labute approximate surface area is 208 Å². The number of nitrogens with zero attached hydrogens (tertiary/aromatic N) is 5. The van der Waals surface area contributed by atoms with Crippen LogP contribution in [0.2, 0.25) is 5.02 Å². The van der Waals surface area contributed by atoms with E-state index in [0.717, 1.165) is 65.0 Å². The number of fused-ring (bicyclic) bond motifs is 3. The Balaban J connectivity index is 1.18. The summed E-state index contributed by atoms with van der Waals surface area (Å²) in [6.07, 6.45) is 3.91. The average Bonchev–Trinajstić information content (AvgIpc) is 3.31. The molecule has 3 saturated heterocycles. The lowest BCUT2D eigenvalue weighted by Crippen LogP contribution is -2.54. The van der Waals surface area contributed by atoms with E-state index < -0.39 is 12.5 Å². The summed E-state index contributed by atoms with van der Waals surface area (Å²) in [6, 6.07) is 5.37. The van der Waals surface area contributed by atoms with Crippen molar-refractivity contribution in [2.24, 2.45) is 0 Å². The summed E-state index contributed by atoms with van der Waals surface area (Å²) < 4.78 is 27.5. The van der Waals surface area contributed by atoms with Crippen molar-refractivity contribution in [2.75, 3.05) is 39.3 Å². The van der Waals surface area contributed by atoms with Gasteiger partial charge in [0, 0.05) is 74.7 Å². The number of hydrogen-bond donors (Lipinski definition) is 1. The Hall–Kier alpha value is -2.30. The number of carbonyl (C=O) groups excluding carboxylic acids is 2. The summed E-state index contributed by atoms with van der Waals surface area (Å²) >= 11 is 5.98. The predicted octanol–water partition coefficient (Wildman–Crippen LogP) is 2.97. The van der Waals surface area contributed by atoms with Crippen molar-refractivity contribution < 1.29 is 18.4 Å². The van der Waals surface area contributed by atoms with Crippen LogP contribution in [-0.2, 0) is 4.79 Å². The lowest BCUT2D eigenvalue weighted by atomic mass is 9.97. The zero-order valence-corrected chi connectivity index (χ0v) is 20.6. The molecule has 0 spiro atoms. The fourth-order valence-corrected chi connectivity index (χ4v) is 6.15. The minimum Gasteiger partial charge on any atom is -0.348 e. The number of piperazine rings is 1. The zero-order chi connectivity index (χ0) is 24.7. The third-order valence-corrected chi connectivity index (χ3v) is 8.02. The first-order valence-corrected chi connectivity index (χ1v) is 12.7. The highest BCUT2D eigenvalue weighted by atomic mass is 35.5. The van der Waals surface area contributed by atoms with Crippen molar-refractivity contribution in [3.8, 4) is 0 Å². The molecule has 4 heterocycles. The Bertz CT molecular complexity index is 1090. The number of benzene rings is 1. The Morgan fingerprint density at radius 3 is 2.43 bits per heavy atom. The maximum absolute atomic E-state index is 13.5. The van der Waals surface area contributed by atoms with Gasteiger partial charge in [-0.2, -0.15) is 13.9 Å². The van der Waals surface area contributed by atoms with E-state index in [-0.39, 0.29) is 23.2 Å². The molecule has 2 amide bonds. The number of alkyl halides is 2. The molecular weight excluding hydrogens is 478 g/mol. The van der Waals surface area contributed by atoms with Crippen LogP contribution in [0.15, 0.2) is 18.2 Å². The summed E-state index contributed by atoms with van der Waals surface area (Å²) in [4.78, 5) is 31.5. The van der Waals surface area contributed by atoms with Crippen molar-refractivity contribution >= 4 is 34.3 Å². The Kier molecular flexibility index (Phi) is 6.96. The standard InChI is InChI=1S/C24H31ClF2N6O2/c1-15(34)31-9-6-30(7-10-31)8-11-32-18-3-4-19(32)14-17(13-18)28-23(35)22-20-5-2-16(25)12-21(20)33(29-22)24(26)27/h2,5,12,17-19,24H,3-4,6-11,13-14H2,1H3,(H,28,35)/t17-,18-,19+. The molecule has 5 rings (SSSR count). The van der Waals surface area contributed by atoms with Crippen molar-refractivity contribution in [2.45, 2.75) is 57.3 Å². The quantitative estimate of drug-likeness (QED) is 0.649. The van der Waals surface area contributed by atoms with E-state index in [4.69, 9.17) is 11.6 Å². The Morgan fingerprint density at radius 1 is 1.11 bits per heavy atom. The molecule has 3 atom stereocenters. The molecule has 0 radical (unpaired) electrons. The first-order chi connectivity index (χ1) is 16.8. The number of carbonyl (C=O) groups is 2. The highest BCUT2D eigenvalue weighted by Crippen LogP contribution is 2.36. The van der Waals surface area contributed by atoms with E-state index in [0.29, 0.717) is 27.2 Å². The van der Waals surface area contributed by atoms with E-state index in [1.807, 2.05) is 4.90 Å². The number of amides is 2. The SMILES string of the molecule is CC(=O)N1CCN(CCN2[C@@H]3CC[C@H]2C[C@H](NC(=O)c2nn(C(F)F)c4cc(Cl)ccc24)C3)CC1. The van der Waals surface area contributed by atoms with Gasteiger partial charge in [0.2, 0.25) is 5.91 Å². The van der Waals surface area contributed by atoms with E-state index >= 15 is 0 Å². The number of halogens is 3. The van der Waals surface area contributed by atoms with Crippen molar-refractivity contribution in [1.29, 1.82) is 0 Å². The number of hydrogen-bond acceptors (Lipinski definition) is 5. The second kappa shape index (κ2) is 9.99. The third kappa shape index (κ3) is 5.01. The highest BCUT2D eigenvalue weighted by molar-refractivity contribution is 6.31. The summed E-state index contributed by atoms with van der Waals surface area (Å²) in [6.45, 7) is 4.13. The van der Waals surface area contributed by atoms with Gasteiger partial charge in [-0.3, -0.25) is 19.4 Å². The van der Waals surface area contributed by atoms with Gasteiger partial charge in [0.1, 0.15) is 0 Å². The normalized spacial score (nSPS) is 25.5. The molecule has 3 aliphatic heterocycles. The van der Waals surface area contributed by atoms with Crippen LogP contribution >= 0.6 is 11.6 Å². The molecule has 2 aromatic rings. The van der Waals surface area contributed by atoms with Crippen LogP contribution < -0.4 is 5.32 Å². The topological polar surface area (TPSA) is 73.7 Å². The molecule has 0 saturated carbocycles. The minimum absolute atomic E-state index is 0.00517. The van der Waals surface area contributed by atoms with Gasteiger partial charge in [0.25, 0.3) is 5.91 Å². The predicted molar refractivity (Wildman–Crippen MR) is 129 cm³/mol. The molecule has 1 aromatic heterocycles. The van der Waals surface area contributed by atoms with Crippen LogP contribution in [0.3, 0.4) is 0 Å². The fraction of sp³-hybridized carbons (Fsp3) is 0.625. The molecular formula is C24H31ClF2N6O2. The molecule has 1 aromatic carbocycles. The van der Waals surface area contributed by atoms with Crippen LogP contribution in [0, 0.1) is 0 Å². The molecule has 0 aliphatic carbocycles. The summed E-state index contributed by atoms with van der Waals surface area (Å²) in [5, 5.41) is 7.67. The average molecular weight is 509 g/mol. The lowest BCUT2D eigenvalue weighted by molar-refractivity contribution is -0.130. The van der Waals surface area contributed by atoms with Crippen LogP contribution in [0.5, 0.6) is 0 Å². The van der Waals surface area contributed by atoms with Crippen molar-refractivity contribution in [1.82, 2.24) is 29.8 Å². The summed E-state index contributed by atoms with van der Waals surface area (Å²) in [7, 11) is 0. The molecule has 11 heteroatoms.